The maximum absolute atomic E-state index is 12.3. The molecule has 164 valence electrons. The topological polar surface area (TPSA) is 92.0 Å². The van der Waals surface area contributed by atoms with Crippen LogP contribution in [0.2, 0.25) is 0 Å². The van der Waals surface area contributed by atoms with E-state index in [4.69, 9.17) is 9.47 Å². The molecule has 10 heteroatoms. The molecular weight excluding hydrogens is 434 g/mol. The molecule has 0 radical (unpaired) electrons. The molecule has 0 saturated carbocycles. The summed E-state index contributed by atoms with van der Waals surface area (Å²) in [5, 5.41) is 9.71. The lowest BCUT2D eigenvalue weighted by molar-refractivity contribution is -0.142. The third-order valence-electron chi connectivity index (χ3n) is 4.15. The van der Waals surface area contributed by atoms with Crippen molar-refractivity contribution in [3.8, 4) is 11.4 Å². The van der Waals surface area contributed by atoms with E-state index in [-0.39, 0.29) is 11.2 Å². The van der Waals surface area contributed by atoms with Gasteiger partial charge in [0.1, 0.15) is 16.8 Å². The molecule has 31 heavy (non-hydrogen) atoms. The van der Waals surface area contributed by atoms with Crippen molar-refractivity contribution in [1.82, 2.24) is 24.7 Å². The average Bonchev–Trinajstić information content (AvgIpc) is 3.20. The van der Waals surface area contributed by atoms with Crippen molar-refractivity contribution >= 4 is 29.5 Å². The van der Waals surface area contributed by atoms with Crippen molar-refractivity contribution in [3.05, 3.63) is 48.5 Å². The second kappa shape index (κ2) is 11.7. The first-order valence-corrected chi connectivity index (χ1v) is 11.9. The maximum atomic E-state index is 12.3. The van der Waals surface area contributed by atoms with Crippen molar-refractivity contribution in [1.29, 1.82) is 0 Å². The van der Waals surface area contributed by atoms with Crippen LogP contribution >= 0.6 is 23.5 Å². The number of hydrogen-bond acceptors (Lipinski definition) is 9. The molecule has 0 aliphatic carbocycles. The van der Waals surface area contributed by atoms with E-state index in [1.165, 1.54) is 23.5 Å². The molecule has 3 aromatic rings. The van der Waals surface area contributed by atoms with Crippen LogP contribution < -0.4 is 4.74 Å². The Kier molecular flexibility index (Phi) is 8.72. The molecule has 8 nitrogen and oxygen atoms in total. The fraction of sp³-hybridized carbons (Fsp3) is 0.381. The van der Waals surface area contributed by atoms with Crippen LogP contribution in [0.5, 0.6) is 5.75 Å². The molecule has 2 aromatic heterocycles. The smallest absolute Gasteiger partial charge is 0.319 e. The Hall–Kier alpha value is -2.59. The normalized spacial score (nSPS) is 11.8. The summed E-state index contributed by atoms with van der Waals surface area (Å²) < 4.78 is 12.7. The molecule has 0 aliphatic heterocycles. The van der Waals surface area contributed by atoms with Gasteiger partial charge in [-0.3, -0.25) is 9.36 Å². The van der Waals surface area contributed by atoms with E-state index in [2.05, 4.69) is 20.2 Å². The summed E-state index contributed by atoms with van der Waals surface area (Å²) in [6.45, 7) is 6.66. The molecule has 3 rings (SSSR count). The third-order valence-corrected chi connectivity index (χ3v) is 6.30. The van der Waals surface area contributed by atoms with E-state index in [9.17, 15) is 4.79 Å². The van der Waals surface area contributed by atoms with Gasteiger partial charge < -0.3 is 9.47 Å². The number of nitrogens with zero attached hydrogens (tertiary/aromatic N) is 5. The second-order valence-corrected chi connectivity index (χ2v) is 8.36. The van der Waals surface area contributed by atoms with Crippen LogP contribution in [-0.4, -0.2) is 49.2 Å². The summed E-state index contributed by atoms with van der Waals surface area (Å²) in [6.07, 6.45) is 4.04. The van der Waals surface area contributed by atoms with Gasteiger partial charge in [0.15, 0.2) is 10.3 Å². The van der Waals surface area contributed by atoms with Gasteiger partial charge in [-0.1, -0.05) is 30.4 Å². The molecule has 0 aliphatic rings. The van der Waals surface area contributed by atoms with Crippen LogP contribution in [0.15, 0.2) is 53.0 Å². The molecule has 0 N–H and O–H groups in total. The highest BCUT2D eigenvalue weighted by Crippen LogP contribution is 2.30. The first kappa shape index (κ1) is 23.1. The van der Waals surface area contributed by atoms with Crippen molar-refractivity contribution < 1.29 is 14.3 Å². The van der Waals surface area contributed by atoms with Crippen LogP contribution in [0.25, 0.3) is 5.69 Å². The lowest BCUT2D eigenvalue weighted by Gasteiger charge is -2.15. The largest absolute Gasteiger partial charge is 0.494 e. The van der Waals surface area contributed by atoms with Gasteiger partial charge in [0, 0.05) is 18.1 Å². The molecule has 1 unspecified atom stereocenters. The highest BCUT2D eigenvalue weighted by atomic mass is 32.2. The highest BCUT2D eigenvalue weighted by molar-refractivity contribution is 8.00. The van der Waals surface area contributed by atoms with E-state index in [1.54, 1.807) is 25.4 Å². The number of aromatic nitrogens is 5. The van der Waals surface area contributed by atoms with Gasteiger partial charge in [-0.25, -0.2) is 9.97 Å². The number of ether oxygens (including phenoxy) is 2. The highest BCUT2D eigenvalue weighted by Gasteiger charge is 2.24. The Morgan fingerprint density at radius 3 is 2.45 bits per heavy atom. The molecule has 1 atom stereocenters. The van der Waals surface area contributed by atoms with Gasteiger partial charge in [0.2, 0.25) is 0 Å². The molecule has 1 aromatic carbocycles. The van der Waals surface area contributed by atoms with Gasteiger partial charge in [-0.05, 0) is 50.6 Å². The molecule has 0 amide bonds. The van der Waals surface area contributed by atoms with E-state index in [1.807, 2.05) is 42.7 Å². The Morgan fingerprint density at radius 1 is 1.06 bits per heavy atom. The van der Waals surface area contributed by atoms with Crippen LogP contribution in [0.4, 0.5) is 0 Å². The first-order chi connectivity index (χ1) is 15.2. The van der Waals surface area contributed by atoms with E-state index >= 15 is 0 Å². The molecular formula is C21H25N5O3S2. The number of rotatable bonds is 11. The molecule has 0 saturated heterocycles. The Bertz CT molecular complexity index is 967. The van der Waals surface area contributed by atoms with Crippen LogP contribution in [0.1, 0.15) is 33.0 Å². The fourth-order valence-electron chi connectivity index (χ4n) is 2.74. The summed E-state index contributed by atoms with van der Waals surface area (Å²) >= 11 is 2.83. The minimum Gasteiger partial charge on any atom is -0.494 e. The van der Waals surface area contributed by atoms with Crippen LogP contribution in [0.3, 0.4) is 0 Å². The van der Waals surface area contributed by atoms with Gasteiger partial charge >= 0.3 is 5.97 Å². The van der Waals surface area contributed by atoms with Crippen molar-refractivity contribution in [2.75, 3.05) is 13.2 Å². The summed E-state index contributed by atoms with van der Waals surface area (Å²) in [5.74, 6) is 1.81. The minimum absolute atomic E-state index is 0.246. The Balaban J connectivity index is 1.90. The van der Waals surface area contributed by atoms with Gasteiger partial charge in [0.25, 0.3) is 0 Å². The second-order valence-electron chi connectivity index (χ2n) is 6.25. The number of esters is 1. The van der Waals surface area contributed by atoms with Crippen LogP contribution in [0, 0.1) is 0 Å². The maximum Gasteiger partial charge on any atom is 0.319 e. The summed E-state index contributed by atoms with van der Waals surface area (Å²) in [5.41, 5.74) is 0.888. The standard InChI is InChI=1S/C21H25N5O3S2/c1-4-17(19(27)29-6-3)31-21-25-24-18(14-30-20-22-12-7-13-23-20)26(21)15-8-10-16(11-9-15)28-5-2/h7-13,17H,4-6,14H2,1-3H3. The van der Waals surface area contributed by atoms with Gasteiger partial charge in [-0.2, -0.15) is 0 Å². The Morgan fingerprint density at radius 2 is 1.81 bits per heavy atom. The molecule has 0 spiro atoms. The Labute approximate surface area is 190 Å². The van der Waals surface area contributed by atoms with Crippen molar-refractivity contribution in [2.24, 2.45) is 0 Å². The first-order valence-electron chi connectivity index (χ1n) is 10.1. The zero-order chi connectivity index (χ0) is 22.1. The molecule has 0 fully saturated rings. The predicted molar refractivity (Wildman–Crippen MR) is 121 cm³/mol. The number of hydrogen-bond donors (Lipinski definition) is 0. The zero-order valence-electron chi connectivity index (χ0n) is 17.7. The van der Waals surface area contributed by atoms with E-state index in [0.29, 0.717) is 35.7 Å². The minimum atomic E-state index is -0.358. The summed E-state index contributed by atoms with van der Waals surface area (Å²) in [6, 6.07) is 9.51. The average molecular weight is 460 g/mol. The summed E-state index contributed by atoms with van der Waals surface area (Å²) in [7, 11) is 0. The number of carbonyl (C=O) groups excluding carboxylic acids is 1. The van der Waals surface area contributed by atoms with Crippen molar-refractivity contribution in [2.45, 2.75) is 48.5 Å². The zero-order valence-corrected chi connectivity index (χ0v) is 19.4. The monoisotopic (exact) mass is 459 g/mol. The fourth-order valence-corrected chi connectivity index (χ4v) is 4.44. The lowest BCUT2D eigenvalue weighted by Crippen LogP contribution is -2.20. The number of thioether (sulfide) groups is 2. The third kappa shape index (κ3) is 6.20. The summed E-state index contributed by atoms with van der Waals surface area (Å²) in [4.78, 5) is 20.8. The van der Waals surface area contributed by atoms with E-state index in [0.717, 1.165) is 17.3 Å². The number of carbonyl (C=O) groups is 1. The molecule has 0 bridgehead atoms. The SMILES string of the molecule is CCOC(=O)C(CC)Sc1nnc(CSc2ncccn2)n1-c1ccc(OCC)cc1. The van der Waals surface area contributed by atoms with Crippen molar-refractivity contribution in [3.63, 3.8) is 0 Å². The lowest BCUT2D eigenvalue weighted by atomic mass is 10.3. The predicted octanol–water partition coefficient (Wildman–Crippen LogP) is 4.18. The van der Waals surface area contributed by atoms with Gasteiger partial charge in [0.05, 0.1) is 19.0 Å². The van der Waals surface area contributed by atoms with E-state index < -0.39 is 0 Å². The number of benzene rings is 1. The van der Waals surface area contributed by atoms with Gasteiger partial charge in [-0.15, -0.1) is 10.2 Å². The van der Waals surface area contributed by atoms with Crippen LogP contribution in [-0.2, 0) is 15.3 Å². The molecule has 2 heterocycles. The quantitative estimate of drug-likeness (QED) is 0.238.